The van der Waals surface area contributed by atoms with Gasteiger partial charge < -0.3 is 24.2 Å². The fourth-order valence-corrected chi connectivity index (χ4v) is 2.87. The van der Waals surface area contributed by atoms with Crippen LogP contribution in [0.4, 0.5) is 4.39 Å². The molecule has 0 bridgehead atoms. The number of likely N-dealkylation sites (N-methyl/N-ethyl adjacent to an activating group) is 1. The number of pyridine rings is 1. The van der Waals surface area contributed by atoms with E-state index in [4.69, 9.17) is 4.74 Å². The Balaban J connectivity index is 1.88. The van der Waals surface area contributed by atoms with Crippen LogP contribution < -0.4 is 10.2 Å². The number of fused-ring (bicyclic) bond motifs is 1. The van der Waals surface area contributed by atoms with E-state index < -0.39 is 17.1 Å². The van der Waals surface area contributed by atoms with Crippen molar-refractivity contribution in [3.05, 3.63) is 57.6 Å². The van der Waals surface area contributed by atoms with Crippen molar-refractivity contribution in [3.8, 4) is 11.6 Å². The van der Waals surface area contributed by atoms with Crippen LogP contribution in [0.1, 0.15) is 16.1 Å². The van der Waals surface area contributed by atoms with Gasteiger partial charge in [0.15, 0.2) is 23.9 Å². The lowest BCUT2D eigenvalue weighted by Crippen LogP contribution is -2.41. The molecule has 3 rings (SSSR count). The van der Waals surface area contributed by atoms with Gasteiger partial charge in [0, 0.05) is 39.8 Å². The van der Waals surface area contributed by atoms with E-state index in [-0.39, 0.29) is 43.0 Å². The van der Waals surface area contributed by atoms with Crippen LogP contribution in [0, 0.1) is 5.82 Å². The van der Waals surface area contributed by atoms with Gasteiger partial charge in [0.25, 0.3) is 11.8 Å². The van der Waals surface area contributed by atoms with Gasteiger partial charge in [-0.3, -0.25) is 14.4 Å². The predicted molar refractivity (Wildman–Crippen MR) is 97.7 cm³/mol. The average molecular weight is 389 g/mol. The van der Waals surface area contributed by atoms with Gasteiger partial charge in [0.2, 0.25) is 5.43 Å². The summed E-state index contributed by atoms with van der Waals surface area (Å²) in [5, 5.41) is 10.2. The highest BCUT2D eigenvalue weighted by Crippen LogP contribution is 2.26. The first kappa shape index (κ1) is 19.4. The van der Waals surface area contributed by atoms with E-state index >= 15 is 0 Å². The van der Waals surface area contributed by atoms with Gasteiger partial charge >= 0.3 is 0 Å². The Kier molecular flexibility index (Phi) is 5.34. The molecular formula is C19H20FN3O5. The number of benzene rings is 1. The molecule has 2 amide bonds. The van der Waals surface area contributed by atoms with Gasteiger partial charge in [-0.15, -0.1) is 0 Å². The summed E-state index contributed by atoms with van der Waals surface area (Å²) in [7, 11) is 3.14. The molecule has 9 heteroatoms. The molecule has 0 fully saturated rings. The topological polar surface area (TPSA) is 92.1 Å². The van der Waals surface area contributed by atoms with Crippen LogP contribution in [-0.2, 0) is 17.9 Å². The minimum Gasteiger partial charge on any atom is -0.503 e. The summed E-state index contributed by atoms with van der Waals surface area (Å²) < 4.78 is 19.9. The molecule has 0 spiro atoms. The third-order valence-electron chi connectivity index (χ3n) is 4.46. The molecule has 2 aromatic rings. The van der Waals surface area contributed by atoms with Gasteiger partial charge in [-0.05, 0) is 17.7 Å². The molecule has 0 radical (unpaired) electrons. The number of amides is 2. The summed E-state index contributed by atoms with van der Waals surface area (Å²) in [6.45, 7) is 0.464. The second-order valence-corrected chi connectivity index (χ2v) is 6.63. The van der Waals surface area contributed by atoms with Crippen LogP contribution in [0.15, 0.2) is 35.1 Å². The normalized spacial score (nSPS) is 13.2. The highest BCUT2D eigenvalue weighted by Gasteiger charge is 2.30. The molecule has 28 heavy (non-hydrogen) atoms. The zero-order valence-corrected chi connectivity index (χ0v) is 15.5. The summed E-state index contributed by atoms with van der Waals surface area (Å²) in [5.41, 5.74) is -0.238. The zero-order valence-electron chi connectivity index (χ0n) is 15.5. The summed E-state index contributed by atoms with van der Waals surface area (Å²) >= 11 is 0. The maximum Gasteiger partial charge on any atom is 0.274 e. The molecule has 1 aliphatic heterocycles. The Morgan fingerprint density at radius 1 is 1.21 bits per heavy atom. The molecule has 0 aliphatic carbocycles. The summed E-state index contributed by atoms with van der Waals surface area (Å²) in [5.74, 6) is -1.86. The van der Waals surface area contributed by atoms with E-state index in [1.807, 2.05) is 0 Å². The average Bonchev–Trinajstić information content (AvgIpc) is 2.66. The Hall–Kier alpha value is -3.36. The number of aromatic hydroxyl groups is 1. The lowest BCUT2D eigenvalue weighted by atomic mass is 10.1. The van der Waals surface area contributed by atoms with E-state index in [0.29, 0.717) is 12.1 Å². The molecular weight excluding hydrogens is 369 g/mol. The van der Waals surface area contributed by atoms with Crippen LogP contribution >= 0.6 is 0 Å². The second kappa shape index (κ2) is 7.71. The quantitative estimate of drug-likeness (QED) is 0.817. The van der Waals surface area contributed by atoms with Crippen molar-refractivity contribution < 1.29 is 23.8 Å². The van der Waals surface area contributed by atoms with Gasteiger partial charge in [0.05, 0.1) is 0 Å². The Morgan fingerprint density at radius 3 is 2.54 bits per heavy atom. The molecule has 0 saturated carbocycles. The third kappa shape index (κ3) is 3.83. The number of hydrogen-bond donors (Lipinski definition) is 1. The maximum atomic E-state index is 13.1. The molecule has 8 nitrogen and oxygen atoms in total. The first-order valence-electron chi connectivity index (χ1n) is 8.61. The monoisotopic (exact) mass is 389 g/mol. The fraction of sp³-hybridized carbons (Fsp3) is 0.316. The standard InChI is InChI=1S/C19H20FN3O5/c1-21(2)15(25)11-28-16-9-14(24)18(26)17-19(27)22(7-8-23(16)17)10-12-3-5-13(20)6-4-12/h3-6,9,26H,7-8,10-11H2,1-2H3. The molecule has 0 saturated heterocycles. The molecule has 1 aliphatic rings. The number of rotatable bonds is 5. The molecule has 0 atom stereocenters. The van der Waals surface area contributed by atoms with E-state index in [2.05, 4.69) is 0 Å². The second-order valence-electron chi connectivity index (χ2n) is 6.63. The Labute approximate surface area is 160 Å². The third-order valence-corrected chi connectivity index (χ3v) is 4.46. The minimum atomic E-state index is -0.768. The van der Waals surface area contributed by atoms with Crippen molar-refractivity contribution in [3.63, 3.8) is 0 Å². The van der Waals surface area contributed by atoms with Crippen molar-refractivity contribution in [2.45, 2.75) is 13.1 Å². The van der Waals surface area contributed by atoms with Gasteiger partial charge in [-0.1, -0.05) is 12.1 Å². The first-order chi connectivity index (χ1) is 13.3. The number of nitrogens with zero attached hydrogens (tertiary/aromatic N) is 3. The fourth-order valence-electron chi connectivity index (χ4n) is 2.87. The van der Waals surface area contributed by atoms with Crippen LogP contribution in [-0.4, -0.2) is 58.5 Å². The Bertz CT molecular complexity index is 969. The van der Waals surface area contributed by atoms with Crippen molar-refractivity contribution >= 4 is 11.8 Å². The summed E-state index contributed by atoms with van der Waals surface area (Å²) in [6, 6.07) is 6.79. The van der Waals surface area contributed by atoms with Gasteiger partial charge in [-0.2, -0.15) is 0 Å². The van der Waals surface area contributed by atoms with Crippen molar-refractivity contribution in [2.24, 2.45) is 0 Å². The van der Waals surface area contributed by atoms with E-state index in [9.17, 15) is 23.9 Å². The molecule has 0 unspecified atom stereocenters. The molecule has 2 heterocycles. The molecule has 148 valence electrons. The molecule has 1 N–H and O–H groups in total. The van der Waals surface area contributed by atoms with Crippen molar-refractivity contribution in [1.82, 2.24) is 14.4 Å². The number of halogens is 1. The van der Waals surface area contributed by atoms with Gasteiger partial charge in [-0.25, -0.2) is 4.39 Å². The number of ether oxygens (including phenoxy) is 1. The lowest BCUT2D eigenvalue weighted by Gasteiger charge is -2.31. The summed E-state index contributed by atoms with van der Waals surface area (Å²) in [4.78, 5) is 39.5. The van der Waals surface area contributed by atoms with Crippen LogP contribution in [0.5, 0.6) is 11.6 Å². The zero-order chi connectivity index (χ0) is 20.4. The first-order valence-corrected chi connectivity index (χ1v) is 8.61. The Morgan fingerprint density at radius 2 is 1.89 bits per heavy atom. The lowest BCUT2D eigenvalue weighted by molar-refractivity contribution is -0.130. The van der Waals surface area contributed by atoms with E-state index in [1.54, 1.807) is 26.2 Å². The van der Waals surface area contributed by atoms with E-state index in [0.717, 1.165) is 6.07 Å². The van der Waals surface area contributed by atoms with Crippen LogP contribution in [0.3, 0.4) is 0 Å². The minimum absolute atomic E-state index is 0.0442. The van der Waals surface area contributed by atoms with Gasteiger partial charge in [0.1, 0.15) is 5.82 Å². The number of carbonyl (C=O) groups is 2. The highest BCUT2D eigenvalue weighted by atomic mass is 19.1. The van der Waals surface area contributed by atoms with E-state index in [1.165, 1.54) is 26.5 Å². The smallest absolute Gasteiger partial charge is 0.274 e. The maximum absolute atomic E-state index is 13.1. The predicted octanol–water partition coefficient (Wildman–Crippen LogP) is 0.816. The summed E-state index contributed by atoms with van der Waals surface area (Å²) in [6.07, 6.45) is 0. The van der Waals surface area contributed by atoms with Crippen LogP contribution in [0.25, 0.3) is 0 Å². The molecule has 1 aromatic carbocycles. The molecule has 1 aromatic heterocycles. The SMILES string of the molecule is CN(C)C(=O)COc1cc(=O)c(O)c2n1CCN(Cc1ccc(F)cc1)C2=O. The van der Waals surface area contributed by atoms with Crippen molar-refractivity contribution in [1.29, 1.82) is 0 Å². The number of aromatic nitrogens is 1. The largest absolute Gasteiger partial charge is 0.503 e. The highest BCUT2D eigenvalue weighted by molar-refractivity contribution is 5.96. The van der Waals surface area contributed by atoms with Crippen molar-refractivity contribution in [2.75, 3.05) is 27.2 Å². The number of carbonyl (C=O) groups excluding carboxylic acids is 2. The van der Waals surface area contributed by atoms with Crippen LogP contribution in [0.2, 0.25) is 0 Å². The number of hydrogen-bond acceptors (Lipinski definition) is 5.